The van der Waals surface area contributed by atoms with E-state index in [1.54, 1.807) is 30.9 Å². The van der Waals surface area contributed by atoms with E-state index in [0.717, 1.165) is 29.6 Å². The van der Waals surface area contributed by atoms with Crippen molar-refractivity contribution in [1.82, 2.24) is 24.5 Å². The van der Waals surface area contributed by atoms with E-state index in [9.17, 15) is 5.11 Å². The van der Waals surface area contributed by atoms with E-state index < -0.39 is 5.82 Å². The van der Waals surface area contributed by atoms with Crippen molar-refractivity contribution in [2.75, 3.05) is 18.0 Å². The van der Waals surface area contributed by atoms with Crippen LogP contribution in [0.2, 0.25) is 0 Å². The van der Waals surface area contributed by atoms with Crippen molar-refractivity contribution in [3.8, 4) is 23.0 Å². The second-order valence-corrected chi connectivity index (χ2v) is 10.5. The summed E-state index contributed by atoms with van der Waals surface area (Å²) in [6, 6.07) is 10.9. The topological polar surface area (TPSA) is 89.2 Å². The summed E-state index contributed by atoms with van der Waals surface area (Å²) in [6.45, 7) is 1.97. The van der Waals surface area contributed by atoms with E-state index in [0.29, 0.717) is 28.6 Å². The van der Waals surface area contributed by atoms with Crippen molar-refractivity contribution in [2.45, 2.75) is 25.9 Å². The molecule has 8 nitrogen and oxygen atoms in total. The van der Waals surface area contributed by atoms with Crippen molar-refractivity contribution in [2.24, 2.45) is 18.9 Å². The summed E-state index contributed by atoms with van der Waals surface area (Å²) in [5, 5.41) is 12.5. The Labute approximate surface area is 218 Å². The predicted molar refractivity (Wildman–Crippen MR) is 142 cm³/mol. The number of ether oxygens (including phenoxy) is 1. The molecular weight excluding hydrogens is 483 g/mol. The summed E-state index contributed by atoms with van der Waals surface area (Å²) in [7, 11) is 1.89. The molecule has 2 bridgehead atoms. The zero-order chi connectivity index (χ0) is 25.8. The Hall–Kier alpha value is -4.27. The quantitative estimate of drug-likeness (QED) is 0.346. The van der Waals surface area contributed by atoms with Crippen LogP contribution in [0.25, 0.3) is 32.9 Å². The summed E-state index contributed by atoms with van der Waals surface area (Å²) in [5.74, 6) is 1.38. The lowest BCUT2D eigenvalue weighted by atomic mass is 9.98. The summed E-state index contributed by atoms with van der Waals surface area (Å²) >= 11 is 0. The molecule has 5 aromatic rings. The molecule has 1 N–H and O–H groups in total. The Morgan fingerprint density at radius 3 is 2.66 bits per heavy atom. The predicted octanol–water partition coefficient (Wildman–Crippen LogP) is 5.24. The van der Waals surface area contributed by atoms with E-state index in [1.165, 1.54) is 19.3 Å². The van der Waals surface area contributed by atoms with Gasteiger partial charge in [-0.25, -0.2) is 9.37 Å². The summed E-state index contributed by atoms with van der Waals surface area (Å²) in [5.41, 5.74) is 1.65. The number of aromatic hydroxyl groups is 1. The third-order valence-electron chi connectivity index (χ3n) is 7.92. The number of phenolic OH excluding ortho intramolecular Hbond substituents is 1. The monoisotopic (exact) mass is 510 g/mol. The number of hydrogen-bond acceptors (Lipinski definition) is 7. The van der Waals surface area contributed by atoms with Crippen LogP contribution in [0.1, 0.15) is 25.0 Å². The van der Waals surface area contributed by atoms with Gasteiger partial charge in [0, 0.05) is 31.9 Å². The number of pyridine rings is 1. The van der Waals surface area contributed by atoms with Crippen LogP contribution in [-0.2, 0) is 13.7 Å². The second-order valence-electron chi connectivity index (χ2n) is 10.5. The van der Waals surface area contributed by atoms with E-state index >= 15 is 4.39 Å². The standard InChI is InChI=1S/C29H27FN6O2/c1-35-16-31-11-20(35)15-38-29-33-27-24(28(34-29)36-13-17-6-7-18(8-17)14-36)12-32-26(25(27)30)23-10-21(37)9-19-4-2-3-5-22(19)23/h2-5,9-12,16-18,37H,6-8,13-15H2,1H3. The maximum Gasteiger partial charge on any atom is 0.319 e. The van der Waals surface area contributed by atoms with Gasteiger partial charge in [0.2, 0.25) is 0 Å². The number of rotatable bonds is 5. The van der Waals surface area contributed by atoms with Gasteiger partial charge < -0.3 is 19.3 Å². The number of aryl methyl sites for hydroxylation is 1. The zero-order valence-corrected chi connectivity index (χ0v) is 21.0. The van der Waals surface area contributed by atoms with Gasteiger partial charge in [-0.15, -0.1) is 0 Å². The Morgan fingerprint density at radius 1 is 1.05 bits per heavy atom. The Bertz CT molecular complexity index is 1670. The minimum Gasteiger partial charge on any atom is -0.508 e. The maximum absolute atomic E-state index is 16.4. The first-order valence-electron chi connectivity index (χ1n) is 12.9. The van der Waals surface area contributed by atoms with Crippen molar-refractivity contribution in [3.05, 3.63) is 66.6 Å². The molecule has 2 aromatic carbocycles. The van der Waals surface area contributed by atoms with E-state index in [1.807, 2.05) is 35.9 Å². The van der Waals surface area contributed by atoms with Gasteiger partial charge in [-0.05, 0) is 54.0 Å². The van der Waals surface area contributed by atoms with Gasteiger partial charge >= 0.3 is 6.01 Å². The van der Waals surface area contributed by atoms with Crippen LogP contribution < -0.4 is 9.64 Å². The number of anilines is 1. The van der Waals surface area contributed by atoms with Crippen LogP contribution >= 0.6 is 0 Å². The van der Waals surface area contributed by atoms with Gasteiger partial charge in [0.25, 0.3) is 0 Å². The molecule has 2 aliphatic rings. The molecule has 1 aliphatic heterocycles. The normalized spacial score (nSPS) is 18.9. The lowest BCUT2D eigenvalue weighted by Crippen LogP contribution is -2.37. The third kappa shape index (κ3) is 3.89. The molecule has 3 aromatic heterocycles. The zero-order valence-electron chi connectivity index (χ0n) is 21.0. The van der Waals surface area contributed by atoms with Crippen molar-refractivity contribution >= 4 is 27.5 Å². The minimum atomic E-state index is -0.563. The molecule has 2 fully saturated rings. The van der Waals surface area contributed by atoms with E-state index in [-0.39, 0.29) is 29.6 Å². The average molecular weight is 511 g/mol. The molecule has 1 aliphatic carbocycles. The number of nitrogens with zero attached hydrogens (tertiary/aromatic N) is 6. The first-order chi connectivity index (χ1) is 18.5. The molecule has 2 unspecified atom stereocenters. The highest BCUT2D eigenvalue weighted by Crippen LogP contribution is 2.41. The molecule has 0 radical (unpaired) electrons. The highest BCUT2D eigenvalue weighted by molar-refractivity contribution is 5.99. The van der Waals surface area contributed by atoms with Gasteiger partial charge in [0.05, 0.1) is 23.6 Å². The molecule has 1 saturated carbocycles. The SMILES string of the molecule is Cn1cncc1COc1nc(N2CC3CCC(C3)C2)c2cnc(-c3cc(O)cc4ccccc34)c(F)c2n1. The van der Waals surface area contributed by atoms with Gasteiger partial charge in [-0.1, -0.05) is 24.3 Å². The van der Waals surface area contributed by atoms with Crippen LogP contribution in [-0.4, -0.2) is 42.7 Å². The van der Waals surface area contributed by atoms with Crippen LogP contribution in [0.4, 0.5) is 10.2 Å². The molecule has 192 valence electrons. The lowest BCUT2D eigenvalue weighted by molar-refractivity contribution is 0.273. The Morgan fingerprint density at radius 2 is 1.87 bits per heavy atom. The molecule has 2 atom stereocenters. The molecule has 0 spiro atoms. The molecule has 0 amide bonds. The van der Waals surface area contributed by atoms with Gasteiger partial charge in [0.15, 0.2) is 5.82 Å². The number of hydrogen-bond donors (Lipinski definition) is 1. The van der Waals surface area contributed by atoms with Gasteiger partial charge in [-0.2, -0.15) is 9.97 Å². The third-order valence-corrected chi connectivity index (χ3v) is 7.92. The molecule has 9 heteroatoms. The number of benzene rings is 2. The highest BCUT2D eigenvalue weighted by atomic mass is 19.1. The first-order valence-corrected chi connectivity index (χ1v) is 12.9. The molecule has 38 heavy (non-hydrogen) atoms. The van der Waals surface area contributed by atoms with Gasteiger partial charge in [0.1, 0.15) is 29.4 Å². The number of phenols is 1. The number of halogens is 1. The molecule has 1 saturated heterocycles. The van der Waals surface area contributed by atoms with Gasteiger partial charge in [-0.3, -0.25) is 4.98 Å². The highest BCUT2D eigenvalue weighted by Gasteiger charge is 2.34. The summed E-state index contributed by atoms with van der Waals surface area (Å²) in [6.07, 6.45) is 8.75. The van der Waals surface area contributed by atoms with E-state index in [2.05, 4.69) is 19.9 Å². The van der Waals surface area contributed by atoms with Crippen molar-refractivity contribution < 1.29 is 14.2 Å². The second kappa shape index (κ2) is 8.93. The molecular formula is C29H27FN6O2. The summed E-state index contributed by atoms with van der Waals surface area (Å²) in [4.78, 5) is 20.3. The van der Waals surface area contributed by atoms with Crippen LogP contribution in [0.5, 0.6) is 11.8 Å². The largest absolute Gasteiger partial charge is 0.508 e. The fourth-order valence-electron chi connectivity index (χ4n) is 6.05. The molecule has 4 heterocycles. The number of piperidine rings is 1. The molecule has 7 rings (SSSR count). The first kappa shape index (κ1) is 22.9. The fraction of sp³-hybridized carbons (Fsp3) is 0.310. The Kier molecular flexibility index (Phi) is 5.38. The smallest absolute Gasteiger partial charge is 0.319 e. The average Bonchev–Trinajstić information content (AvgIpc) is 3.50. The van der Waals surface area contributed by atoms with Crippen LogP contribution in [0, 0.1) is 17.7 Å². The van der Waals surface area contributed by atoms with Crippen LogP contribution in [0.3, 0.4) is 0 Å². The number of imidazole rings is 1. The summed E-state index contributed by atoms with van der Waals surface area (Å²) < 4.78 is 24.2. The van der Waals surface area contributed by atoms with E-state index in [4.69, 9.17) is 9.72 Å². The minimum absolute atomic E-state index is 0.0485. The Balaban J connectivity index is 1.38. The maximum atomic E-state index is 16.4. The van der Waals surface area contributed by atoms with Crippen molar-refractivity contribution in [1.29, 1.82) is 0 Å². The number of aromatic nitrogens is 5. The fourth-order valence-corrected chi connectivity index (χ4v) is 6.05. The lowest BCUT2D eigenvalue weighted by Gasteiger charge is -2.33. The van der Waals surface area contributed by atoms with Crippen LogP contribution in [0.15, 0.2) is 55.1 Å². The van der Waals surface area contributed by atoms with Crippen molar-refractivity contribution in [3.63, 3.8) is 0 Å². The number of fused-ring (bicyclic) bond motifs is 4.